The van der Waals surface area contributed by atoms with Crippen molar-refractivity contribution in [2.45, 2.75) is 12.8 Å². The maximum Gasteiger partial charge on any atom is 0.306 e. The molecule has 0 N–H and O–H groups in total. The Morgan fingerprint density at radius 1 is 1.47 bits per heavy atom. The molecule has 5 nitrogen and oxygen atoms in total. The minimum absolute atomic E-state index is 0.00811. The average molecular weight is 258 g/mol. The van der Waals surface area contributed by atoms with Gasteiger partial charge in [0.05, 0.1) is 19.3 Å². The SMILES string of the molecule is COC(=O)CCN(C)S(=O)(=O)CCCCl. The lowest BCUT2D eigenvalue weighted by atomic mass is 10.4. The second-order valence-corrected chi connectivity index (χ2v) is 5.58. The largest absolute Gasteiger partial charge is 0.469 e. The molecule has 0 bridgehead atoms. The van der Waals surface area contributed by atoms with Crippen LogP contribution in [0.5, 0.6) is 0 Å². The van der Waals surface area contributed by atoms with Gasteiger partial charge in [0.15, 0.2) is 0 Å². The third-order valence-electron chi connectivity index (χ3n) is 1.87. The summed E-state index contributed by atoms with van der Waals surface area (Å²) in [5, 5.41) is 0. The molecule has 0 rings (SSSR count). The molecule has 0 radical (unpaired) electrons. The van der Waals surface area contributed by atoms with E-state index < -0.39 is 16.0 Å². The molecule has 90 valence electrons. The van der Waals surface area contributed by atoms with Gasteiger partial charge in [0.2, 0.25) is 10.0 Å². The number of hydrogen-bond donors (Lipinski definition) is 0. The van der Waals surface area contributed by atoms with Gasteiger partial charge in [-0.2, -0.15) is 0 Å². The second-order valence-electron chi connectivity index (χ2n) is 3.01. The summed E-state index contributed by atoms with van der Waals surface area (Å²) in [5.41, 5.74) is 0. The molecule has 0 amide bonds. The van der Waals surface area contributed by atoms with Crippen molar-refractivity contribution in [1.29, 1.82) is 0 Å². The average Bonchev–Trinajstić information content (AvgIpc) is 2.22. The Morgan fingerprint density at radius 2 is 2.07 bits per heavy atom. The first kappa shape index (κ1) is 14.7. The molecule has 0 saturated heterocycles. The van der Waals surface area contributed by atoms with Crippen LogP contribution >= 0.6 is 11.6 Å². The van der Waals surface area contributed by atoms with Crippen LogP contribution in [0.4, 0.5) is 0 Å². The zero-order valence-corrected chi connectivity index (χ0v) is 10.5. The van der Waals surface area contributed by atoms with Crippen molar-refractivity contribution in [2.75, 3.05) is 32.3 Å². The van der Waals surface area contributed by atoms with E-state index >= 15 is 0 Å². The fourth-order valence-corrected chi connectivity index (χ4v) is 2.37. The number of carbonyl (C=O) groups is 1. The van der Waals surface area contributed by atoms with E-state index in [1.807, 2.05) is 0 Å². The molecule has 0 aliphatic rings. The van der Waals surface area contributed by atoms with Gasteiger partial charge in [-0.15, -0.1) is 11.6 Å². The minimum Gasteiger partial charge on any atom is -0.469 e. The van der Waals surface area contributed by atoms with Gasteiger partial charge in [-0.1, -0.05) is 0 Å². The molecule has 0 atom stereocenters. The fourth-order valence-electron chi connectivity index (χ4n) is 0.883. The zero-order valence-electron chi connectivity index (χ0n) is 8.90. The van der Waals surface area contributed by atoms with E-state index in [0.717, 1.165) is 4.31 Å². The molecule has 0 unspecified atom stereocenters. The first-order valence-electron chi connectivity index (χ1n) is 4.51. The van der Waals surface area contributed by atoms with Crippen LogP contribution in [0.2, 0.25) is 0 Å². The summed E-state index contributed by atoms with van der Waals surface area (Å²) >= 11 is 5.41. The summed E-state index contributed by atoms with van der Waals surface area (Å²) in [7, 11) is -0.580. The highest BCUT2D eigenvalue weighted by Gasteiger charge is 2.17. The van der Waals surface area contributed by atoms with Crippen molar-refractivity contribution >= 4 is 27.6 Å². The number of halogens is 1. The Balaban J connectivity index is 4.07. The van der Waals surface area contributed by atoms with Crippen LogP contribution in [0.25, 0.3) is 0 Å². The molecule has 0 aromatic heterocycles. The smallest absolute Gasteiger partial charge is 0.306 e. The van der Waals surface area contributed by atoms with E-state index in [2.05, 4.69) is 4.74 Å². The number of sulfonamides is 1. The molecule has 0 aromatic carbocycles. The van der Waals surface area contributed by atoms with Crippen LogP contribution in [-0.4, -0.2) is 51.0 Å². The number of hydrogen-bond acceptors (Lipinski definition) is 4. The van der Waals surface area contributed by atoms with Crippen LogP contribution in [0.3, 0.4) is 0 Å². The topological polar surface area (TPSA) is 63.7 Å². The number of alkyl halides is 1. The fraction of sp³-hybridized carbons (Fsp3) is 0.875. The van der Waals surface area contributed by atoms with Gasteiger partial charge in [-0.05, 0) is 6.42 Å². The van der Waals surface area contributed by atoms with Crippen molar-refractivity contribution in [2.24, 2.45) is 0 Å². The molecule has 7 heteroatoms. The Morgan fingerprint density at radius 3 is 2.53 bits per heavy atom. The lowest BCUT2D eigenvalue weighted by molar-refractivity contribution is -0.140. The van der Waals surface area contributed by atoms with Gasteiger partial charge in [0.1, 0.15) is 0 Å². The van der Waals surface area contributed by atoms with E-state index in [1.54, 1.807) is 0 Å². The number of ether oxygens (including phenoxy) is 1. The predicted molar refractivity (Wildman–Crippen MR) is 58.4 cm³/mol. The molecular formula is C8H16ClNO4S. The van der Waals surface area contributed by atoms with Gasteiger partial charge in [-0.3, -0.25) is 4.79 Å². The molecular weight excluding hydrogens is 242 g/mol. The predicted octanol–water partition coefficient (Wildman–Crippen LogP) is 0.440. The number of methoxy groups -OCH3 is 1. The van der Waals surface area contributed by atoms with E-state index in [-0.39, 0.29) is 18.7 Å². The van der Waals surface area contributed by atoms with Crippen LogP contribution in [0.1, 0.15) is 12.8 Å². The van der Waals surface area contributed by atoms with Gasteiger partial charge < -0.3 is 4.74 Å². The van der Waals surface area contributed by atoms with Crippen LogP contribution in [0, 0.1) is 0 Å². The Hall–Kier alpha value is -0.330. The molecule has 0 spiro atoms. The van der Waals surface area contributed by atoms with Gasteiger partial charge in [0, 0.05) is 19.5 Å². The van der Waals surface area contributed by atoms with E-state index in [1.165, 1.54) is 14.2 Å². The van der Waals surface area contributed by atoms with Crippen molar-refractivity contribution in [3.05, 3.63) is 0 Å². The van der Waals surface area contributed by atoms with Crippen molar-refractivity contribution < 1.29 is 17.9 Å². The summed E-state index contributed by atoms with van der Waals surface area (Å²) in [4.78, 5) is 10.8. The lowest BCUT2D eigenvalue weighted by Gasteiger charge is -2.15. The van der Waals surface area contributed by atoms with Crippen LogP contribution in [-0.2, 0) is 19.6 Å². The summed E-state index contributed by atoms with van der Waals surface area (Å²) in [5.74, 6) is -0.104. The summed E-state index contributed by atoms with van der Waals surface area (Å²) in [6.07, 6.45) is 0.472. The molecule has 0 heterocycles. The Bertz CT molecular complexity index is 291. The standard InChI is InChI=1S/C8H16ClNO4S/c1-10(6-4-8(11)14-2)15(12,13)7-3-5-9/h3-7H2,1-2H3. The third kappa shape index (κ3) is 5.96. The Kier molecular flexibility index (Phi) is 6.87. The Labute approximate surface area is 95.4 Å². The van der Waals surface area contributed by atoms with Crippen LogP contribution < -0.4 is 0 Å². The maximum absolute atomic E-state index is 11.5. The first-order chi connectivity index (χ1) is 6.94. The highest BCUT2D eigenvalue weighted by Crippen LogP contribution is 2.02. The zero-order chi connectivity index (χ0) is 11.9. The van der Waals surface area contributed by atoms with E-state index in [9.17, 15) is 13.2 Å². The quantitative estimate of drug-likeness (QED) is 0.490. The van der Waals surface area contributed by atoms with Crippen molar-refractivity contribution in [1.82, 2.24) is 4.31 Å². The summed E-state index contributed by atoms with van der Waals surface area (Å²) in [6, 6.07) is 0. The lowest BCUT2D eigenvalue weighted by Crippen LogP contribution is -2.31. The second kappa shape index (κ2) is 7.03. The number of rotatable bonds is 7. The van der Waals surface area contributed by atoms with Crippen LogP contribution in [0.15, 0.2) is 0 Å². The highest BCUT2D eigenvalue weighted by atomic mass is 35.5. The monoisotopic (exact) mass is 257 g/mol. The highest BCUT2D eigenvalue weighted by molar-refractivity contribution is 7.89. The molecule has 0 aromatic rings. The minimum atomic E-state index is -3.29. The summed E-state index contributed by atoms with van der Waals surface area (Å²) < 4.78 is 28.6. The molecule has 0 aliphatic heterocycles. The summed E-state index contributed by atoms with van der Waals surface area (Å²) in [6.45, 7) is 0.136. The van der Waals surface area contributed by atoms with E-state index in [0.29, 0.717) is 12.3 Å². The van der Waals surface area contributed by atoms with Gasteiger partial charge >= 0.3 is 5.97 Å². The molecule has 0 aliphatic carbocycles. The maximum atomic E-state index is 11.5. The van der Waals surface area contributed by atoms with Gasteiger partial charge in [0.25, 0.3) is 0 Å². The van der Waals surface area contributed by atoms with E-state index in [4.69, 9.17) is 11.6 Å². The normalized spacial score (nSPS) is 11.7. The third-order valence-corrected chi connectivity index (χ3v) is 4.07. The van der Waals surface area contributed by atoms with Gasteiger partial charge in [-0.25, -0.2) is 12.7 Å². The molecule has 15 heavy (non-hydrogen) atoms. The number of carbonyl (C=O) groups excluding carboxylic acids is 1. The molecule has 0 saturated carbocycles. The van der Waals surface area contributed by atoms with Crippen molar-refractivity contribution in [3.8, 4) is 0 Å². The van der Waals surface area contributed by atoms with Crippen molar-refractivity contribution in [3.63, 3.8) is 0 Å². The number of esters is 1. The first-order valence-corrected chi connectivity index (χ1v) is 6.65. The molecule has 0 fully saturated rings. The number of nitrogens with zero attached hydrogens (tertiary/aromatic N) is 1.